The molecule has 0 spiro atoms. The van der Waals surface area contributed by atoms with Crippen LogP contribution in [-0.2, 0) is 9.53 Å². The Bertz CT molecular complexity index is 649. The molecule has 28 heavy (non-hydrogen) atoms. The Morgan fingerprint density at radius 3 is 2.68 bits per heavy atom. The van der Waals surface area contributed by atoms with Crippen molar-refractivity contribution in [3.8, 4) is 11.5 Å². The van der Waals surface area contributed by atoms with Gasteiger partial charge in [-0.2, -0.15) is 0 Å². The molecule has 1 heterocycles. The quantitative estimate of drug-likeness (QED) is 0.736. The molecular formula is C21H33N3O4. The van der Waals surface area contributed by atoms with E-state index in [4.69, 9.17) is 19.9 Å². The standard InChI is InChI=1S/C21H33N3O4/c1-26-19-7-6-15(13-20(19)27-2)18(24-8-10-28-11-9-24)14-23-21(25)16-4-3-5-17(22)12-16/h6-7,13,16-18H,3-5,8-12,14,22H2,1-2H3,(H,23,25). The number of benzene rings is 1. The number of methoxy groups -OCH3 is 2. The van der Waals surface area contributed by atoms with Crippen molar-refractivity contribution in [3.05, 3.63) is 23.8 Å². The summed E-state index contributed by atoms with van der Waals surface area (Å²) in [4.78, 5) is 15.1. The molecule has 1 aliphatic heterocycles. The monoisotopic (exact) mass is 391 g/mol. The van der Waals surface area contributed by atoms with E-state index in [1.165, 1.54) is 0 Å². The van der Waals surface area contributed by atoms with Crippen molar-refractivity contribution in [2.45, 2.75) is 37.8 Å². The highest BCUT2D eigenvalue weighted by Gasteiger charge is 2.28. The first-order chi connectivity index (χ1) is 13.6. The fourth-order valence-electron chi connectivity index (χ4n) is 4.21. The number of nitrogens with two attached hydrogens (primary N) is 1. The number of morpholine rings is 1. The van der Waals surface area contributed by atoms with Gasteiger partial charge >= 0.3 is 0 Å². The van der Waals surface area contributed by atoms with Gasteiger partial charge in [-0.1, -0.05) is 12.5 Å². The molecule has 1 aliphatic carbocycles. The van der Waals surface area contributed by atoms with Crippen LogP contribution in [0, 0.1) is 5.92 Å². The molecule has 1 saturated carbocycles. The molecule has 3 rings (SSSR count). The smallest absolute Gasteiger partial charge is 0.223 e. The molecule has 156 valence electrons. The molecule has 3 N–H and O–H groups in total. The molecule has 1 saturated heterocycles. The normalized spacial score (nSPS) is 24.4. The SMILES string of the molecule is COc1ccc(C(CNC(=O)C2CCCC(N)C2)N2CCOCC2)cc1OC. The fourth-order valence-corrected chi connectivity index (χ4v) is 4.21. The van der Waals surface area contributed by atoms with E-state index in [2.05, 4.69) is 10.2 Å². The lowest BCUT2D eigenvalue weighted by Gasteiger charge is -2.35. The number of hydrogen-bond acceptors (Lipinski definition) is 6. The summed E-state index contributed by atoms with van der Waals surface area (Å²) in [6.45, 7) is 3.64. The summed E-state index contributed by atoms with van der Waals surface area (Å²) in [5.41, 5.74) is 7.16. The Morgan fingerprint density at radius 2 is 2.00 bits per heavy atom. The van der Waals surface area contributed by atoms with Crippen LogP contribution in [0.2, 0.25) is 0 Å². The maximum atomic E-state index is 12.7. The zero-order chi connectivity index (χ0) is 19.9. The summed E-state index contributed by atoms with van der Waals surface area (Å²) in [6.07, 6.45) is 3.76. The first-order valence-electron chi connectivity index (χ1n) is 10.2. The lowest BCUT2D eigenvalue weighted by molar-refractivity contribution is -0.126. The molecule has 1 amide bonds. The second kappa shape index (κ2) is 10.1. The zero-order valence-electron chi connectivity index (χ0n) is 17.0. The number of nitrogens with zero attached hydrogens (tertiary/aromatic N) is 1. The van der Waals surface area contributed by atoms with E-state index in [0.717, 1.165) is 44.3 Å². The predicted molar refractivity (Wildman–Crippen MR) is 108 cm³/mol. The maximum Gasteiger partial charge on any atom is 0.223 e. The van der Waals surface area contributed by atoms with Crippen LogP contribution >= 0.6 is 0 Å². The van der Waals surface area contributed by atoms with E-state index in [1.807, 2.05) is 18.2 Å². The van der Waals surface area contributed by atoms with Gasteiger partial charge in [0.2, 0.25) is 5.91 Å². The maximum absolute atomic E-state index is 12.7. The number of hydrogen-bond donors (Lipinski definition) is 2. The highest BCUT2D eigenvalue weighted by Crippen LogP contribution is 2.32. The summed E-state index contributed by atoms with van der Waals surface area (Å²) < 4.78 is 16.4. The summed E-state index contributed by atoms with van der Waals surface area (Å²) in [5, 5.41) is 3.19. The topological polar surface area (TPSA) is 86.0 Å². The van der Waals surface area contributed by atoms with Gasteiger partial charge in [0.1, 0.15) is 0 Å². The predicted octanol–water partition coefficient (Wildman–Crippen LogP) is 1.71. The Balaban J connectivity index is 1.73. The summed E-state index contributed by atoms with van der Waals surface area (Å²) in [6, 6.07) is 6.17. The average Bonchev–Trinajstić information content (AvgIpc) is 2.74. The van der Waals surface area contributed by atoms with E-state index in [1.54, 1.807) is 14.2 Å². The number of nitrogens with one attached hydrogen (secondary N) is 1. The van der Waals surface area contributed by atoms with Gasteiger partial charge in [-0.25, -0.2) is 0 Å². The molecule has 1 aromatic rings. The Hall–Kier alpha value is -1.83. The first-order valence-corrected chi connectivity index (χ1v) is 10.2. The lowest BCUT2D eigenvalue weighted by Crippen LogP contribution is -2.45. The Kier molecular flexibility index (Phi) is 7.53. The third kappa shape index (κ3) is 5.16. The molecule has 0 bridgehead atoms. The minimum Gasteiger partial charge on any atom is -0.493 e. The Morgan fingerprint density at radius 1 is 1.25 bits per heavy atom. The molecule has 7 heteroatoms. The third-order valence-electron chi connectivity index (χ3n) is 5.83. The van der Waals surface area contributed by atoms with Crippen molar-refractivity contribution in [2.75, 3.05) is 47.1 Å². The van der Waals surface area contributed by atoms with Crippen molar-refractivity contribution in [3.63, 3.8) is 0 Å². The van der Waals surface area contributed by atoms with Gasteiger partial charge in [0.25, 0.3) is 0 Å². The van der Waals surface area contributed by atoms with Crippen LogP contribution < -0.4 is 20.5 Å². The van der Waals surface area contributed by atoms with Crippen LogP contribution in [0.4, 0.5) is 0 Å². The van der Waals surface area contributed by atoms with Crippen molar-refractivity contribution in [1.29, 1.82) is 0 Å². The second-order valence-electron chi connectivity index (χ2n) is 7.65. The molecule has 3 unspecified atom stereocenters. The number of amides is 1. The van der Waals surface area contributed by atoms with Gasteiger partial charge in [0.05, 0.1) is 33.5 Å². The van der Waals surface area contributed by atoms with Crippen LogP contribution in [0.25, 0.3) is 0 Å². The van der Waals surface area contributed by atoms with Gasteiger partial charge in [-0.15, -0.1) is 0 Å². The fraction of sp³-hybridized carbons (Fsp3) is 0.667. The molecule has 7 nitrogen and oxygen atoms in total. The van der Waals surface area contributed by atoms with E-state index in [9.17, 15) is 4.79 Å². The van der Waals surface area contributed by atoms with Gasteiger partial charge in [-0.3, -0.25) is 9.69 Å². The summed E-state index contributed by atoms with van der Waals surface area (Å²) in [7, 11) is 3.27. The molecule has 2 fully saturated rings. The molecule has 0 aromatic heterocycles. The summed E-state index contributed by atoms with van der Waals surface area (Å²) >= 11 is 0. The number of ether oxygens (including phenoxy) is 3. The van der Waals surface area contributed by atoms with Crippen LogP contribution in [0.5, 0.6) is 11.5 Å². The summed E-state index contributed by atoms with van der Waals surface area (Å²) in [5.74, 6) is 1.54. The largest absolute Gasteiger partial charge is 0.493 e. The second-order valence-corrected chi connectivity index (χ2v) is 7.65. The van der Waals surface area contributed by atoms with Gasteiger partial charge in [-0.05, 0) is 37.0 Å². The average molecular weight is 392 g/mol. The van der Waals surface area contributed by atoms with Crippen LogP contribution in [0.1, 0.15) is 37.3 Å². The number of carbonyl (C=O) groups excluding carboxylic acids is 1. The zero-order valence-corrected chi connectivity index (χ0v) is 17.0. The van der Waals surface area contributed by atoms with Gasteiger partial charge in [0.15, 0.2) is 11.5 Å². The third-order valence-corrected chi connectivity index (χ3v) is 5.83. The first kappa shape index (κ1) is 20.9. The minimum absolute atomic E-state index is 0.0273. The van der Waals surface area contributed by atoms with Crippen molar-refractivity contribution >= 4 is 5.91 Å². The van der Waals surface area contributed by atoms with E-state index >= 15 is 0 Å². The number of rotatable bonds is 7. The van der Waals surface area contributed by atoms with Crippen LogP contribution in [0.3, 0.4) is 0 Å². The van der Waals surface area contributed by atoms with Crippen molar-refractivity contribution in [1.82, 2.24) is 10.2 Å². The van der Waals surface area contributed by atoms with E-state index in [-0.39, 0.29) is 23.9 Å². The molecule has 3 atom stereocenters. The molecular weight excluding hydrogens is 358 g/mol. The van der Waals surface area contributed by atoms with Crippen molar-refractivity contribution in [2.24, 2.45) is 11.7 Å². The number of carbonyl (C=O) groups is 1. The van der Waals surface area contributed by atoms with Gasteiger partial charge in [0, 0.05) is 31.6 Å². The molecule has 1 aromatic carbocycles. The van der Waals surface area contributed by atoms with Gasteiger partial charge < -0.3 is 25.3 Å². The lowest BCUT2D eigenvalue weighted by atomic mass is 9.85. The molecule has 0 radical (unpaired) electrons. The van der Waals surface area contributed by atoms with Crippen LogP contribution in [0.15, 0.2) is 18.2 Å². The van der Waals surface area contributed by atoms with Crippen molar-refractivity contribution < 1.29 is 19.0 Å². The minimum atomic E-state index is 0.0273. The Labute approximate surface area is 167 Å². The molecule has 2 aliphatic rings. The van der Waals surface area contributed by atoms with E-state index < -0.39 is 0 Å². The highest BCUT2D eigenvalue weighted by atomic mass is 16.5. The van der Waals surface area contributed by atoms with Crippen LogP contribution in [-0.4, -0.2) is 63.9 Å². The van der Waals surface area contributed by atoms with E-state index in [0.29, 0.717) is 31.3 Å². The highest BCUT2D eigenvalue weighted by molar-refractivity contribution is 5.78.